The SMILES string of the molecule is CS/C(N)=N/NC(=O)c1ccccn1. The van der Waals surface area contributed by atoms with Gasteiger partial charge in [-0.2, -0.15) is 0 Å². The van der Waals surface area contributed by atoms with Crippen LogP contribution in [0.4, 0.5) is 0 Å². The van der Waals surface area contributed by atoms with E-state index in [2.05, 4.69) is 15.5 Å². The van der Waals surface area contributed by atoms with Crippen LogP contribution in [0.15, 0.2) is 29.5 Å². The number of aromatic nitrogens is 1. The first-order valence-corrected chi connectivity index (χ1v) is 5.05. The van der Waals surface area contributed by atoms with E-state index < -0.39 is 0 Å². The van der Waals surface area contributed by atoms with E-state index in [9.17, 15) is 4.79 Å². The topological polar surface area (TPSA) is 80.4 Å². The van der Waals surface area contributed by atoms with Crippen LogP contribution in [0.25, 0.3) is 0 Å². The molecule has 5 nitrogen and oxygen atoms in total. The molecule has 1 heterocycles. The number of hydrogen-bond donors (Lipinski definition) is 2. The van der Waals surface area contributed by atoms with E-state index in [1.807, 2.05) is 0 Å². The van der Waals surface area contributed by atoms with Gasteiger partial charge in [0, 0.05) is 6.20 Å². The Morgan fingerprint density at radius 3 is 3.00 bits per heavy atom. The Balaban J connectivity index is 2.60. The number of carbonyl (C=O) groups is 1. The molecule has 1 aromatic rings. The molecule has 0 aliphatic rings. The summed E-state index contributed by atoms with van der Waals surface area (Å²) < 4.78 is 0. The van der Waals surface area contributed by atoms with Gasteiger partial charge in [-0.3, -0.25) is 9.78 Å². The second-order valence-electron chi connectivity index (χ2n) is 2.31. The predicted octanol–water partition coefficient (Wildman–Crippen LogP) is 0.404. The van der Waals surface area contributed by atoms with E-state index in [1.165, 1.54) is 18.0 Å². The highest BCUT2D eigenvalue weighted by atomic mass is 32.2. The van der Waals surface area contributed by atoms with Crippen LogP contribution in [0.3, 0.4) is 0 Å². The molecule has 0 atom stereocenters. The number of carbonyl (C=O) groups excluding carboxylic acids is 1. The van der Waals surface area contributed by atoms with Crippen LogP contribution >= 0.6 is 11.8 Å². The van der Waals surface area contributed by atoms with Gasteiger partial charge < -0.3 is 5.73 Å². The van der Waals surface area contributed by atoms with Crippen LogP contribution in [0.5, 0.6) is 0 Å². The van der Waals surface area contributed by atoms with Gasteiger partial charge in [0.2, 0.25) is 0 Å². The number of nitrogens with two attached hydrogens (primary N) is 1. The number of pyridine rings is 1. The Morgan fingerprint density at radius 1 is 1.64 bits per heavy atom. The van der Waals surface area contributed by atoms with Crippen molar-refractivity contribution < 1.29 is 4.79 Å². The average molecular weight is 210 g/mol. The monoisotopic (exact) mass is 210 g/mol. The zero-order valence-electron chi connectivity index (χ0n) is 7.60. The molecule has 1 aromatic heterocycles. The summed E-state index contributed by atoms with van der Waals surface area (Å²) in [6, 6.07) is 5.06. The maximum absolute atomic E-state index is 11.3. The van der Waals surface area contributed by atoms with Crippen LogP contribution in [0.1, 0.15) is 10.5 Å². The third kappa shape index (κ3) is 3.06. The van der Waals surface area contributed by atoms with Crippen LogP contribution in [-0.4, -0.2) is 22.3 Å². The van der Waals surface area contributed by atoms with E-state index in [4.69, 9.17) is 5.73 Å². The fourth-order valence-corrected chi connectivity index (χ4v) is 0.843. The van der Waals surface area contributed by atoms with Crippen molar-refractivity contribution in [2.75, 3.05) is 6.26 Å². The van der Waals surface area contributed by atoms with Crippen LogP contribution in [-0.2, 0) is 0 Å². The molecule has 0 fully saturated rings. The quantitative estimate of drug-likeness (QED) is 0.421. The maximum atomic E-state index is 11.3. The summed E-state index contributed by atoms with van der Waals surface area (Å²) in [6.45, 7) is 0. The summed E-state index contributed by atoms with van der Waals surface area (Å²) in [5, 5.41) is 3.94. The largest absolute Gasteiger partial charge is 0.377 e. The molecule has 14 heavy (non-hydrogen) atoms. The summed E-state index contributed by atoms with van der Waals surface area (Å²) in [6.07, 6.45) is 3.31. The molecule has 1 amide bonds. The number of nitrogens with zero attached hydrogens (tertiary/aromatic N) is 2. The normalized spacial score (nSPS) is 11.1. The van der Waals surface area contributed by atoms with Gasteiger partial charge in [0.25, 0.3) is 5.91 Å². The molecule has 0 saturated carbocycles. The number of hydrogen-bond acceptors (Lipinski definition) is 4. The van der Waals surface area contributed by atoms with E-state index >= 15 is 0 Å². The van der Waals surface area contributed by atoms with Gasteiger partial charge in [-0.05, 0) is 18.4 Å². The van der Waals surface area contributed by atoms with Crippen molar-refractivity contribution in [3.63, 3.8) is 0 Å². The van der Waals surface area contributed by atoms with Gasteiger partial charge in [-0.1, -0.05) is 17.8 Å². The third-order valence-corrected chi connectivity index (χ3v) is 1.88. The molecule has 0 saturated heterocycles. The first kappa shape index (κ1) is 10.5. The fraction of sp³-hybridized carbons (Fsp3) is 0.125. The molecule has 1 rings (SSSR count). The molecule has 6 heteroatoms. The van der Waals surface area contributed by atoms with Gasteiger partial charge in [0.1, 0.15) is 5.69 Å². The Kier molecular flexibility index (Phi) is 3.93. The van der Waals surface area contributed by atoms with Gasteiger partial charge in [-0.25, -0.2) is 5.43 Å². The molecule has 0 aliphatic carbocycles. The van der Waals surface area contributed by atoms with Crippen molar-refractivity contribution in [2.45, 2.75) is 0 Å². The predicted molar refractivity (Wildman–Crippen MR) is 56.8 cm³/mol. The smallest absolute Gasteiger partial charge is 0.290 e. The van der Waals surface area contributed by atoms with Crippen LogP contribution in [0, 0.1) is 0 Å². The zero-order chi connectivity index (χ0) is 10.4. The van der Waals surface area contributed by atoms with Gasteiger partial charge in [0.15, 0.2) is 5.17 Å². The van der Waals surface area contributed by atoms with Crippen LogP contribution < -0.4 is 11.2 Å². The minimum Gasteiger partial charge on any atom is -0.377 e. The minimum atomic E-state index is -0.373. The molecular formula is C8H10N4OS. The average Bonchev–Trinajstić information content (AvgIpc) is 2.26. The Hall–Kier alpha value is -1.56. The van der Waals surface area contributed by atoms with Gasteiger partial charge in [0.05, 0.1) is 0 Å². The summed E-state index contributed by atoms with van der Waals surface area (Å²) >= 11 is 1.25. The molecule has 0 aliphatic heterocycles. The number of amidine groups is 1. The molecular weight excluding hydrogens is 200 g/mol. The van der Waals surface area contributed by atoms with Crippen molar-refractivity contribution in [3.05, 3.63) is 30.1 Å². The third-order valence-electron chi connectivity index (χ3n) is 1.37. The van der Waals surface area contributed by atoms with Crippen LogP contribution in [0.2, 0.25) is 0 Å². The van der Waals surface area contributed by atoms with E-state index in [0.717, 1.165) is 0 Å². The van der Waals surface area contributed by atoms with E-state index in [0.29, 0.717) is 10.9 Å². The van der Waals surface area contributed by atoms with Crippen molar-refractivity contribution in [2.24, 2.45) is 10.8 Å². The van der Waals surface area contributed by atoms with Crippen molar-refractivity contribution in [3.8, 4) is 0 Å². The number of thioether (sulfide) groups is 1. The Morgan fingerprint density at radius 2 is 2.43 bits per heavy atom. The first-order chi connectivity index (χ1) is 6.74. The fourth-order valence-electron chi connectivity index (χ4n) is 0.706. The highest BCUT2D eigenvalue weighted by Gasteiger charge is 2.03. The lowest BCUT2D eigenvalue weighted by Crippen LogP contribution is -2.22. The molecule has 0 aromatic carbocycles. The van der Waals surface area contributed by atoms with Gasteiger partial charge in [-0.15, -0.1) is 5.10 Å². The standard InChI is InChI=1S/C8H10N4OS/c1-14-8(9)12-11-7(13)6-4-2-3-5-10-6/h2-5H,1H3,(H2,9,12)(H,11,13). The highest BCUT2D eigenvalue weighted by molar-refractivity contribution is 8.13. The second kappa shape index (κ2) is 5.23. The van der Waals surface area contributed by atoms with Gasteiger partial charge >= 0.3 is 0 Å². The van der Waals surface area contributed by atoms with E-state index in [1.54, 1.807) is 24.5 Å². The summed E-state index contributed by atoms with van der Waals surface area (Å²) in [5.41, 5.74) is 7.98. The van der Waals surface area contributed by atoms with Crippen molar-refractivity contribution in [1.29, 1.82) is 0 Å². The maximum Gasteiger partial charge on any atom is 0.290 e. The number of nitrogens with one attached hydrogen (secondary N) is 1. The number of rotatable bonds is 2. The minimum absolute atomic E-state index is 0.300. The Labute approximate surface area is 85.8 Å². The highest BCUT2D eigenvalue weighted by Crippen LogP contribution is 1.93. The first-order valence-electron chi connectivity index (χ1n) is 3.82. The van der Waals surface area contributed by atoms with Crippen molar-refractivity contribution in [1.82, 2.24) is 10.4 Å². The molecule has 0 radical (unpaired) electrons. The molecule has 3 N–H and O–H groups in total. The lowest BCUT2D eigenvalue weighted by Gasteiger charge is -1.98. The lowest BCUT2D eigenvalue weighted by atomic mass is 10.3. The Bertz CT molecular complexity index is 338. The summed E-state index contributed by atoms with van der Waals surface area (Å²) in [4.78, 5) is 15.2. The number of amides is 1. The second-order valence-corrected chi connectivity index (χ2v) is 3.14. The molecule has 0 spiro atoms. The molecule has 0 unspecified atom stereocenters. The number of hydrazone groups is 1. The molecule has 0 bridgehead atoms. The lowest BCUT2D eigenvalue weighted by molar-refractivity contribution is 0.0950. The van der Waals surface area contributed by atoms with E-state index in [-0.39, 0.29) is 5.91 Å². The summed E-state index contributed by atoms with van der Waals surface area (Å²) in [7, 11) is 0. The zero-order valence-corrected chi connectivity index (χ0v) is 8.41. The van der Waals surface area contributed by atoms with Crippen molar-refractivity contribution >= 4 is 22.8 Å². The molecule has 74 valence electrons. The summed E-state index contributed by atoms with van der Waals surface area (Å²) in [5.74, 6) is -0.373.